The van der Waals surface area contributed by atoms with Gasteiger partial charge in [0, 0.05) is 38.5 Å². The van der Waals surface area contributed by atoms with Crippen LogP contribution < -0.4 is 5.32 Å². The summed E-state index contributed by atoms with van der Waals surface area (Å²) in [5.74, 6) is 0.0810. The average molecular weight is 270 g/mol. The Balaban J connectivity index is 2.65. The number of amides is 1. The lowest BCUT2D eigenvalue weighted by molar-refractivity contribution is -0.142. The molecule has 1 saturated heterocycles. The Morgan fingerprint density at radius 2 is 2.11 bits per heavy atom. The van der Waals surface area contributed by atoms with Crippen molar-refractivity contribution in [3.63, 3.8) is 0 Å². The minimum atomic E-state index is -0.169. The Morgan fingerprint density at radius 1 is 1.42 bits per heavy atom. The first kappa shape index (κ1) is 16.0. The van der Waals surface area contributed by atoms with E-state index < -0.39 is 0 Å². The number of carbonyl (C=O) groups excluding carboxylic acids is 2. The van der Waals surface area contributed by atoms with Gasteiger partial charge in [0.1, 0.15) is 0 Å². The van der Waals surface area contributed by atoms with E-state index in [1.54, 1.807) is 0 Å². The largest absolute Gasteiger partial charge is 0.469 e. The summed E-state index contributed by atoms with van der Waals surface area (Å²) >= 11 is 0. The third-order valence-electron chi connectivity index (χ3n) is 3.87. The lowest BCUT2D eigenvalue weighted by atomic mass is 9.90. The molecule has 0 radical (unpaired) electrons. The van der Waals surface area contributed by atoms with Gasteiger partial charge in [-0.1, -0.05) is 6.92 Å². The second-order valence-corrected chi connectivity index (χ2v) is 5.49. The molecule has 0 bridgehead atoms. The van der Waals surface area contributed by atoms with Crippen molar-refractivity contribution in [3.8, 4) is 0 Å². The van der Waals surface area contributed by atoms with Crippen molar-refractivity contribution in [3.05, 3.63) is 0 Å². The highest BCUT2D eigenvalue weighted by Gasteiger charge is 2.31. The summed E-state index contributed by atoms with van der Waals surface area (Å²) in [6, 6.07) is 0.603. The summed E-state index contributed by atoms with van der Waals surface area (Å²) in [6.45, 7) is 7.65. The van der Waals surface area contributed by atoms with Crippen molar-refractivity contribution in [1.82, 2.24) is 10.2 Å². The molecule has 1 N–H and O–H groups in total. The number of hydrogen-bond acceptors (Lipinski definition) is 4. The van der Waals surface area contributed by atoms with E-state index in [9.17, 15) is 9.59 Å². The van der Waals surface area contributed by atoms with Gasteiger partial charge in [0.15, 0.2) is 0 Å². The third-order valence-corrected chi connectivity index (χ3v) is 3.87. The molecule has 1 amide bonds. The van der Waals surface area contributed by atoms with Crippen molar-refractivity contribution >= 4 is 11.9 Å². The van der Waals surface area contributed by atoms with Gasteiger partial charge in [-0.15, -0.1) is 0 Å². The molecular formula is C14H26N2O3. The van der Waals surface area contributed by atoms with Crippen molar-refractivity contribution in [2.75, 3.05) is 20.2 Å². The van der Waals surface area contributed by atoms with Crippen molar-refractivity contribution in [2.24, 2.45) is 5.92 Å². The fourth-order valence-electron chi connectivity index (χ4n) is 2.72. The Morgan fingerprint density at radius 3 is 2.63 bits per heavy atom. The van der Waals surface area contributed by atoms with E-state index in [1.165, 1.54) is 14.0 Å². The van der Waals surface area contributed by atoms with E-state index in [0.717, 1.165) is 25.9 Å². The van der Waals surface area contributed by atoms with Crippen LogP contribution in [0.2, 0.25) is 0 Å². The van der Waals surface area contributed by atoms with E-state index >= 15 is 0 Å². The molecule has 1 aliphatic heterocycles. The number of nitrogens with zero attached hydrogens (tertiary/aromatic N) is 1. The molecule has 5 heteroatoms. The number of hydrogen-bond donors (Lipinski definition) is 1. The molecule has 0 aromatic carbocycles. The van der Waals surface area contributed by atoms with Crippen LogP contribution in [0.15, 0.2) is 0 Å². The molecular weight excluding hydrogens is 244 g/mol. The maximum atomic E-state index is 11.4. The molecule has 3 atom stereocenters. The number of nitrogens with one attached hydrogen (secondary N) is 1. The highest BCUT2D eigenvalue weighted by atomic mass is 16.5. The molecule has 0 aromatic rings. The second kappa shape index (κ2) is 7.48. The molecule has 19 heavy (non-hydrogen) atoms. The SMILES string of the molecule is CCC(C)N1CC(CC(=O)OC)CC(NC(C)=O)C1. The summed E-state index contributed by atoms with van der Waals surface area (Å²) in [5, 5.41) is 2.98. The molecule has 1 rings (SSSR count). The molecule has 1 aliphatic rings. The third kappa shape index (κ3) is 5.19. The first-order valence-corrected chi connectivity index (χ1v) is 7.04. The van der Waals surface area contributed by atoms with Crippen molar-refractivity contribution < 1.29 is 14.3 Å². The highest BCUT2D eigenvalue weighted by molar-refractivity contribution is 5.73. The summed E-state index contributed by atoms with van der Waals surface area (Å²) in [7, 11) is 1.42. The zero-order valence-corrected chi connectivity index (χ0v) is 12.4. The normalized spacial score (nSPS) is 25.7. The van der Waals surface area contributed by atoms with E-state index in [2.05, 4.69) is 24.1 Å². The van der Waals surface area contributed by atoms with Crippen LogP contribution in [0.1, 0.15) is 40.0 Å². The summed E-state index contributed by atoms with van der Waals surface area (Å²) in [5.41, 5.74) is 0. The Kier molecular flexibility index (Phi) is 6.28. The quantitative estimate of drug-likeness (QED) is 0.762. The van der Waals surface area contributed by atoms with Gasteiger partial charge >= 0.3 is 5.97 Å². The number of piperidine rings is 1. The van der Waals surface area contributed by atoms with Crippen LogP contribution in [-0.4, -0.2) is 49.1 Å². The molecule has 0 aromatic heterocycles. The highest BCUT2D eigenvalue weighted by Crippen LogP contribution is 2.23. The fourth-order valence-corrected chi connectivity index (χ4v) is 2.72. The van der Waals surface area contributed by atoms with Crippen LogP contribution in [-0.2, 0) is 14.3 Å². The van der Waals surface area contributed by atoms with Gasteiger partial charge in [-0.2, -0.15) is 0 Å². The fraction of sp³-hybridized carbons (Fsp3) is 0.857. The minimum Gasteiger partial charge on any atom is -0.469 e. The zero-order chi connectivity index (χ0) is 14.4. The predicted octanol–water partition coefficient (Wildman–Crippen LogP) is 1.17. The van der Waals surface area contributed by atoms with Crippen LogP contribution in [0.25, 0.3) is 0 Å². The first-order valence-electron chi connectivity index (χ1n) is 7.04. The van der Waals surface area contributed by atoms with Gasteiger partial charge in [-0.3, -0.25) is 14.5 Å². The van der Waals surface area contributed by atoms with E-state index in [-0.39, 0.29) is 23.8 Å². The molecule has 1 heterocycles. The summed E-state index contributed by atoms with van der Waals surface area (Å²) in [4.78, 5) is 25.0. The monoisotopic (exact) mass is 270 g/mol. The minimum absolute atomic E-state index is 0.00665. The Hall–Kier alpha value is -1.10. The van der Waals surface area contributed by atoms with Crippen LogP contribution in [0, 0.1) is 5.92 Å². The second-order valence-electron chi connectivity index (χ2n) is 5.49. The average Bonchev–Trinajstić information content (AvgIpc) is 2.36. The smallest absolute Gasteiger partial charge is 0.305 e. The summed E-state index contributed by atoms with van der Waals surface area (Å²) < 4.78 is 4.75. The summed E-state index contributed by atoms with van der Waals surface area (Å²) in [6.07, 6.45) is 2.35. The maximum Gasteiger partial charge on any atom is 0.305 e. The predicted molar refractivity (Wildman–Crippen MR) is 73.7 cm³/mol. The topological polar surface area (TPSA) is 58.6 Å². The maximum absolute atomic E-state index is 11.4. The molecule has 0 saturated carbocycles. The van der Waals surface area contributed by atoms with Crippen LogP contribution in [0.4, 0.5) is 0 Å². The van der Waals surface area contributed by atoms with Gasteiger partial charge in [0.25, 0.3) is 0 Å². The van der Waals surface area contributed by atoms with E-state index in [0.29, 0.717) is 12.5 Å². The van der Waals surface area contributed by atoms with Gasteiger partial charge < -0.3 is 10.1 Å². The Bertz CT molecular complexity index is 320. The van der Waals surface area contributed by atoms with Gasteiger partial charge in [0.2, 0.25) is 5.91 Å². The number of esters is 1. The molecule has 0 spiro atoms. The van der Waals surface area contributed by atoms with Crippen LogP contribution in [0.3, 0.4) is 0 Å². The number of carbonyl (C=O) groups is 2. The van der Waals surface area contributed by atoms with E-state index in [4.69, 9.17) is 4.74 Å². The van der Waals surface area contributed by atoms with Gasteiger partial charge in [-0.25, -0.2) is 0 Å². The zero-order valence-electron chi connectivity index (χ0n) is 12.4. The molecule has 0 aliphatic carbocycles. The van der Waals surface area contributed by atoms with Crippen LogP contribution in [0.5, 0.6) is 0 Å². The van der Waals surface area contributed by atoms with Crippen molar-refractivity contribution in [2.45, 2.75) is 52.1 Å². The first-order chi connectivity index (χ1) is 8.96. The van der Waals surface area contributed by atoms with Gasteiger partial charge in [-0.05, 0) is 25.7 Å². The number of ether oxygens (including phenoxy) is 1. The lowest BCUT2D eigenvalue weighted by Gasteiger charge is -2.40. The number of likely N-dealkylation sites (tertiary alicyclic amines) is 1. The standard InChI is InChI=1S/C14H26N2O3/c1-5-10(2)16-8-12(7-14(18)19-4)6-13(9-16)15-11(3)17/h10,12-13H,5-9H2,1-4H3,(H,15,17). The van der Waals surface area contributed by atoms with Gasteiger partial charge in [0.05, 0.1) is 7.11 Å². The number of methoxy groups -OCH3 is 1. The molecule has 5 nitrogen and oxygen atoms in total. The van der Waals surface area contributed by atoms with Crippen LogP contribution >= 0.6 is 0 Å². The van der Waals surface area contributed by atoms with E-state index in [1.807, 2.05) is 0 Å². The Labute approximate surface area is 115 Å². The van der Waals surface area contributed by atoms with Crippen molar-refractivity contribution in [1.29, 1.82) is 0 Å². The molecule has 1 fully saturated rings. The molecule has 110 valence electrons. The lowest BCUT2D eigenvalue weighted by Crippen LogP contribution is -2.53. The number of rotatable bonds is 5. The molecule has 3 unspecified atom stereocenters.